The number of hydrogen-bond acceptors (Lipinski definition) is 6. The molecule has 150 valence electrons. The van der Waals surface area contributed by atoms with Gasteiger partial charge < -0.3 is 15.2 Å². The second kappa shape index (κ2) is 9.11. The fourth-order valence-corrected chi connectivity index (χ4v) is 2.41. The number of aromatic nitrogens is 3. The molecule has 2 aromatic heterocycles. The average molecular weight is 404 g/mol. The zero-order valence-electron chi connectivity index (χ0n) is 14.9. The van der Waals surface area contributed by atoms with E-state index in [-0.39, 0.29) is 30.5 Å². The van der Waals surface area contributed by atoms with Crippen LogP contribution in [0.4, 0.5) is 18.9 Å². The lowest BCUT2D eigenvalue weighted by atomic mass is 10.1. The second-order valence-electron chi connectivity index (χ2n) is 5.74. The van der Waals surface area contributed by atoms with Gasteiger partial charge >= 0.3 is 0 Å². The molecule has 0 spiro atoms. The first-order valence-electron chi connectivity index (χ1n) is 8.47. The highest BCUT2D eigenvalue weighted by Crippen LogP contribution is 2.27. The van der Waals surface area contributed by atoms with Gasteiger partial charge in [-0.15, -0.1) is 0 Å². The van der Waals surface area contributed by atoms with E-state index in [0.29, 0.717) is 6.42 Å². The quantitative estimate of drug-likeness (QED) is 0.588. The summed E-state index contributed by atoms with van der Waals surface area (Å²) >= 11 is 0. The van der Waals surface area contributed by atoms with Gasteiger partial charge in [-0.3, -0.25) is 4.79 Å². The van der Waals surface area contributed by atoms with Crippen molar-refractivity contribution in [2.24, 2.45) is 0 Å². The van der Waals surface area contributed by atoms with Gasteiger partial charge in [0.15, 0.2) is 0 Å². The zero-order valence-corrected chi connectivity index (χ0v) is 14.9. The molecule has 1 amide bonds. The normalized spacial score (nSPS) is 10.6. The molecule has 3 rings (SSSR count). The van der Waals surface area contributed by atoms with Gasteiger partial charge in [0.25, 0.3) is 5.91 Å². The molecule has 10 heteroatoms. The molecule has 0 aliphatic rings. The summed E-state index contributed by atoms with van der Waals surface area (Å²) in [6.45, 7) is 0.0730. The lowest BCUT2D eigenvalue weighted by Gasteiger charge is -2.11. The van der Waals surface area contributed by atoms with Crippen LogP contribution in [-0.2, 0) is 0 Å². The summed E-state index contributed by atoms with van der Waals surface area (Å²) in [5.74, 6) is -3.73. The van der Waals surface area contributed by atoms with Gasteiger partial charge in [0.05, 0.1) is 18.4 Å². The van der Waals surface area contributed by atoms with Crippen molar-refractivity contribution in [3.8, 4) is 17.1 Å². The number of ether oxygens (including phenoxy) is 1. The molecule has 0 fully saturated rings. The van der Waals surface area contributed by atoms with Gasteiger partial charge in [0, 0.05) is 13.0 Å². The third-order valence-electron chi connectivity index (χ3n) is 3.74. The summed E-state index contributed by atoms with van der Waals surface area (Å²) in [6, 6.07) is 5.02. The minimum atomic E-state index is -1.01. The van der Waals surface area contributed by atoms with Crippen LogP contribution < -0.4 is 10.1 Å². The first-order valence-corrected chi connectivity index (χ1v) is 8.47. The maximum Gasteiger partial charge on any atom is 0.274 e. The van der Waals surface area contributed by atoms with Crippen LogP contribution in [0, 0.1) is 17.5 Å². The SMILES string of the molecule is O=C(Nc1cncnc1OCCCO)c1ccc(F)c(-c2c(F)cccc2F)n1. The summed E-state index contributed by atoms with van der Waals surface area (Å²) in [5.41, 5.74) is -1.47. The third kappa shape index (κ3) is 4.66. The Balaban J connectivity index is 1.88. The Morgan fingerprint density at radius 2 is 1.86 bits per heavy atom. The largest absolute Gasteiger partial charge is 0.476 e. The monoisotopic (exact) mass is 404 g/mol. The highest BCUT2D eigenvalue weighted by Gasteiger charge is 2.20. The molecular formula is C19H15F3N4O3. The molecule has 0 saturated heterocycles. The van der Waals surface area contributed by atoms with Crippen molar-refractivity contribution in [2.45, 2.75) is 6.42 Å². The van der Waals surface area contributed by atoms with Gasteiger partial charge in [-0.05, 0) is 24.3 Å². The Bertz CT molecular complexity index is 1010. The first-order chi connectivity index (χ1) is 14.0. The molecule has 0 radical (unpaired) electrons. The van der Waals surface area contributed by atoms with E-state index in [1.807, 2.05) is 0 Å². The van der Waals surface area contributed by atoms with Crippen molar-refractivity contribution in [1.29, 1.82) is 0 Å². The van der Waals surface area contributed by atoms with E-state index in [4.69, 9.17) is 9.84 Å². The number of pyridine rings is 1. The van der Waals surface area contributed by atoms with E-state index < -0.39 is 34.6 Å². The molecule has 0 bridgehead atoms. The molecule has 0 atom stereocenters. The van der Waals surface area contributed by atoms with Gasteiger partial charge in [-0.1, -0.05) is 6.07 Å². The van der Waals surface area contributed by atoms with Crippen LogP contribution in [0.15, 0.2) is 42.9 Å². The fourth-order valence-electron chi connectivity index (χ4n) is 2.41. The van der Waals surface area contributed by atoms with Crippen LogP contribution in [-0.4, -0.2) is 39.2 Å². The summed E-state index contributed by atoms with van der Waals surface area (Å²) in [4.78, 5) is 24.0. The second-order valence-corrected chi connectivity index (χ2v) is 5.74. The Morgan fingerprint density at radius 3 is 2.59 bits per heavy atom. The smallest absolute Gasteiger partial charge is 0.274 e. The van der Waals surface area contributed by atoms with Gasteiger partial charge in [-0.25, -0.2) is 23.1 Å². The molecule has 2 heterocycles. The van der Waals surface area contributed by atoms with Crippen molar-refractivity contribution >= 4 is 11.6 Å². The number of aliphatic hydroxyl groups is 1. The maximum atomic E-state index is 14.2. The predicted molar refractivity (Wildman–Crippen MR) is 96.7 cm³/mol. The Kier molecular flexibility index (Phi) is 6.35. The first kappa shape index (κ1) is 20.2. The number of aliphatic hydroxyl groups excluding tert-OH is 1. The van der Waals surface area contributed by atoms with E-state index in [1.54, 1.807) is 0 Å². The molecule has 0 unspecified atom stereocenters. The Labute approximate surface area is 163 Å². The number of anilines is 1. The molecular weight excluding hydrogens is 389 g/mol. The van der Waals surface area contributed by atoms with Crippen molar-refractivity contribution in [3.05, 3.63) is 66.0 Å². The van der Waals surface area contributed by atoms with Gasteiger partial charge in [0.1, 0.15) is 40.9 Å². The highest BCUT2D eigenvalue weighted by molar-refractivity contribution is 6.03. The van der Waals surface area contributed by atoms with E-state index in [2.05, 4.69) is 20.3 Å². The number of nitrogens with zero attached hydrogens (tertiary/aromatic N) is 3. The predicted octanol–water partition coefficient (Wildman–Crippen LogP) is 2.97. The topological polar surface area (TPSA) is 97.2 Å². The number of halogens is 3. The van der Waals surface area contributed by atoms with Crippen LogP contribution in [0.2, 0.25) is 0 Å². The maximum absolute atomic E-state index is 14.2. The van der Waals surface area contributed by atoms with Crippen LogP contribution in [0.1, 0.15) is 16.9 Å². The number of benzene rings is 1. The summed E-state index contributed by atoms with van der Waals surface area (Å²) in [6.07, 6.45) is 2.84. The molecule has 7 nitrogen and oxygen atoms in total. The number of carbonyl (C=O) groups excluding carboxylic acids is 1. The average Bonchev–Trinajstić information content (AvgIpc) is 2.70. The molecule has 1 aromatic carbocycles. The molecule has 3 aromatic rings. The molecule has 0 aliphatic carbocycles. The van der Waals surface area contributed by atoms with Crippen molar-refractivity contribution < 1.29 is 27.8 Å². The standard InChI is InChI=1S/C19H15F3N4O3/c20-11-3-1-4-12(21)16(11)17-13(22)5-6-14(25-17)18(28)26-15-9-23-10-24-19(15)29-8-2-7-27/h1,3-6,9-10,27H,2,7-8H2,(H,26,28). The summed E-state index contributed by atoms with van der Waals surface area (Å²) < 4.78 is 47.5. The third-order valence-corrected chi connectivity index (χ3v) is 3.74. The van der Waals surface area contributed by atoms with E-state index in [1.165, 1.54) is 12.5 Å². The lowest BCUT2D eigenvalue weighted by Crippen LogP contribution is -2.16. The fraction of sp³-hybridized carbons (Fsp3) is 0.158. The van der Waals surface area contributed by atoms with E-state index in [0.717, 1.165) is 30.3 Å². The number of nitrogens with one attached hydrogen (secondary N) is 1. The molecule has 2 N–H and O–H groups in total. The molecule has 29 heavy (non-hydrogen) atoms. The van der Waals surface area contributed by atoms with Crippen molar-refractivity contribution in [2.75, 3.05) is 18.5 Å². The molecule has 0 aliphatic heterocycles. The Morgan fingerprint density at radius 1 is 1.10 bits per heavy atom. The van der Waals surface area contributed by atoms with Crippen molar-refractivity contribution in [3.63, 3.8) is 0 Å². The minimum Gasteiger partial charge on any atom is -0.476 e. The van der Waals surface area contributed by atoms with Crippen molar-refractivity contribution in [1.82, 2.24) is 15.0 Å². The zero-order chi connectivity index (χ0) is 20.8. The summed E-state index contributed by atoms with van der Waals surface area (Å²) in [5, 5.41) is 11.3. The highest BCUT2D eigenvalue weighted by atomic mass is 19.1. The number of rotatable bonds is 7. The lowest BCUT2D eigenvalue weighted by molar-refractivity contribution is 0.102. The minimum absolute atomic E-state index is 0.0595. The number of hydrogen-bond donors (Lipinski definition) is 2. The van der Waals surface area contributed by atoms with Crippen LogP contribution >= 0.6 is 0 Å². The molecule has 0 saturated carbocycles. The summed E-state index contributed by atoms with van der Waals surface area (Å²) in [7, 11) is 0. The van der Waals surface area contributed by atoms with Gasteiger partial charge in [0.2, 0.25) is 5.88 Å². The van der Waals surface area contributed by atoms with Crippen LogP contribution in [0.25, 0.3) is 11.3 Å². The van der Waals surface area contributed by atoms with Gasteiger partial charge in [-0.2, -0.15) is 4.98 Å². The van der Waals surface area contributed by atoms with Crippen LogP contribution in [0.5, 0.6) is 5.88 Å². The number of amides is 1. The Hall–Kier alpha value is -3.53. The van der Waals surface area contributed by atoms with Crippen LogP contribution in [0.3, 0.4) is 0 Å². The number of carbonyl (C=O) groups is 1. The van der Waals surface area contributed by atoms with E-state index in [9.17, 15) is 18.0 Å². The van der Waals surface area contributed by atoms with E-state index >= 15 is 0 Å².